The van der Waals surface area contributed by atoms with Gasteiger partial charge in [-0.05, 0) is 45.8 Å². The number of methoxy groups -OCH3 is 1. The highest BCUT2D eigenvalue weighted by molar-refractivity contribution is 5.85. The van der Waals surface area contributed by atoms with Crippen LogP contribution in [0.15, 0.2) is 12.3 Å². The highest BCUT2D eigenvalue weighted by Crippen LogP contribution is 2.22. The number of nitrogens with one attached hydrogen (secondary N) is 1. The maximum Gasteiger partial charge on any atom is 0.240 e. The molecule has 1 aliphatic heterocycles. The van der Waals surface area contributed by atoms with Crippen molar-refractivity contribution in [2.45, 2.75) is 38.3 Å². The van der Waals surface area contributed by atoms with E-state index in [9.17, 15) is 4.79 Å². The van der Waals surface area contributed by atoms with Crippen LogP contribution in [0.5, 0.6) is 0 Å². The Morgan fingerprint density at radius 1 is 1.48 bits per heavy atom. The van der Waals surface area contributed by atoms with Gasteiger partial charge in [-0.3, -0.25) is 14.4 Å². The molecule has 0 aromatic carbocycles. The zero-order valence-corrected chi connectivity index (χ0v) is 13.4. The van der Waals surface area contributed by atoms with Crippen LogP contribution in [0.3, 0.4) is 0 Å². The van der Waals surface area contributed by atoms with Crippen LogP contribution in [0.4, 0.5) is 0 Å². The monoisotopic (exact) mass is 294 g/mol. The van der Waals surface area contributed by atoms with Crippen LogP contribution < -0.4 is 5.32 Å². The van der Waals surface area contributed by atoms with E-state index in [0.29, 0.717) is 6.61 Å². The van der Waals surface area contributed by atoms with Crippen LogP contribution in [-0.2, 0) is 16.6 Å². The van der Waals surface area contributed by atoms with E-state index in [1.807, 2.05) is 27.0 Å². The number of hydrogen-bond acceptors (Lipinski definition) is 4. The fourth-order valence-electron chi connectivity index (χ4n) is 2.85. The Balaban J connectivity index is 2.09. The van der Waals surface area contributed by atoms with Gasteiger partial charge < -0.3 is 10.1 Å². The van der Waals surface area contributed by atoms with E-state index < -0.39 is 5.54 Å². The topological polar surface area (TPSA) is 59.4 Å². The van der Waals surface area contributed by atoms with E-state index in [4.69, 9.17) is 4.74 Å². The summed E-state index contributed by atoms with van der Waals surface area (Å²) in [5.74, 6) is 0.0349. The number of hydrogen-bond donors (Lipinski definition) is 1. The molecule has 0 bridgehead atoms. The van der Waals surface area contributed by atoms with Crippen LogP contribution in [0.2, 0.25) is 0 Å². The Labute approximate surface area is 126 Å². The molecule has 21 heavy (non-hydrogen) atoms. The summed E-state index contributed by atoms with van der Waals surface area (Å²) in [6, 6.07) is 1.73. The van der Waals surface area contributed by atoms with Crippen molar-refractivity contribution < 1.29 is 9.53 Å². The van der Waals surface area contributed by atoms with Gasteiger partial charge in [-0.25, -0.2) is 0 Å². The summed E-state index contributed by atoms with van der Waals surface area (Å²) in [6.45, 7) is 6.38. The fourth-order valence-corrected chi connectivity index (χ4v) is 2.85. The lowest BCUT2D eigenvalue weighted by molar-refractivity contribution is -0.132. The maximum absolute atomic E-state index is 12.7. The largest absolute Gasteiger partial charge is 0.382 e. The van der Waals surface area contributed by atoms with Gasteiger partial charge in [0.05, 0.1) is 23.9 Å². The number of carbonyl (C=O) groups is 1. The summed E-state index contributed by atoms with van der Waals surface area (Å²) in [5, 5.41) is 7.28. The van der Waals surface area contributed by atoms with Crippen LogP contribution in [0.1, 0.15) is 38.4 Å². The third kappa shape index (κ3) is 3.44. The van der Waals surface area contributed by atoms with Gasteiger partial charge in [-0.2, -0.15) is 5.10 Å². The van der Waals surface area contributed by atoms with E-state index in [1.165, 1.54) is 12.8 Å². The van der Waals surface area contributed by atoms with Crippen molar-refractivity contribution in [2.75, 3.05) is 26.8 Å². The van der Waals surface area contributed by atoms with Crippen molar-refractivity contribution in [3.63, 3.8) is 0 Å². The molecule has 0 spiro atoms. The standard InChI is InChI=1S/C15H26N4O2/c1-15(2,19-9-5-6-10-19)14(20)17-12(11-21-4)13-7-8-16-18(13)3/h7-8,12H,5-6,9-11H2,1-4H3,(H,17,20). The van der Waals surface area contributed by atoms with Crippen molar-refractivity contribution in [3.8, 4) is 0 Å². The highest BCUT2D eigenvalue weighted by atomic mass is 16.5. The number of ether oxygens (including phenoxy) is 1. The van der Waals surface area contributed by atoms with E-state index in [2.05, 4.69) is 15.3 Å². The molecule has 6 heteroatoms. The zero-order valence-electron chi connectivity index (χ0n) is 13.4. The SMILES string of the molecule is COCC(NC(=O)C(C)(C)N1CCCC1)c1ccnn1C. The average molecular weight is 294 g/mol. The number of likely N-dealkylation sites (tertiary alicyclic amines) is 1. The molecule has 0 aliphatic carbocycles. The van der Waals surface area contributed by atoms with Crippen LogP contribution in [0, 0.1) is 0 Å². The molecule has 6 nitrogen and oxygen atoms in total. The van der Waals surface area contributed by atoms with E-state index in [1.54, 1.807) is 18.0 Å². The Bertz CT molecular complexity index is 478. The number of aryl methyl sites for hydroxylation is 1. The smallest absolute Gasteiger partial charge is 0.240 e. The van der Waals surface area contributed by atoms with Crippen molar-refractivity contribution in [1.82, 2.24) is 20.0 Å². The molecule has 1 unspecified atom stereocenters. The molecule has 1 aromatic rings. The van der Waals surface area contributed by atoms with E-state index in [-0.39, 0.29) is 11.9 Å². The van der Waals surface area contributed by atoms with Gasteiger partial charge in [-0.1, -0.05) is 0 Å². The van der Waals surface area contributed by atoms with Crippen molar-refractivity contribution in [1.29, 1.82) is 0 Å². The minimum Gasteiger partial charge on any atom is -0.382 e. The van der Waals surface area contributed by atoms with E-state index in [0.717, 1.165) is 18.8 Å². The second kappa shape index (κ2) is 6.58. The van der Waals surface area contributed by atoms with Crippen molar-refractivity contribution in [3.05, 3.63) is 18.0 Å². The first-order chi connectivity index (χ1) is 9.96. The van der Waals surface area contributed by atoms with Gasteiger partial charge in [0.25, 0.3) is 0 Å². The molecule has 0 radical (unpaired) electrons. The maximum atomic E-state index is 12.7. The summed E-state index contributed by atoms with van der Waals surface area (Å²) < 4.78 is 7.02. The van der Waals surface area contributed by atoms with Gasteiger partial charge in [0.1, 0.15) is 0 Å². The molecule has 1 aliphatic rings. The van der Waals surface area contributed by atoms with Crippen LogP contribution in [0.25, 0.3) is 0 Å². The van der Waals surface area contributed by atoms with Crippen LogP contribution >= 0.6 is 0 Å². The van der Waals surface area contributed by atoms with Crippen molar-refractivity contribution in [2.24, 2.45) is 7.05 Å². The van der Waals surface area contributed by atoms with Gasteiger partial charge in [0.15, 0.2) is 0 Å². The number of amides is 1. The predicted molar refractivity (Wildman–Crippen MR) is 80.9 cm³/mol. The van der Waals surface area contributed by atoms with Gasteiger partial charge in [0.2, 0.25) is 5.91 Å². The molecular formula is C15H26N4O2. The number of aromatic nitrogens is 2. The van der Waals surface area contributed by atoms with Gasteiger partial charge in [0, 0.05) is 20.4 Å². The molecule has 2 rings (SSSR count). The molecule has 1 aromatic heterocycles. The lowest BCUT2D eigenvalue weighted by atomic mass is 10.0. The first-order valence-electron chi connectivity index (χ1n) is 7.49. The minimum absolute atomic E-state index is 0.0349. The van der Waals surface area contributed by atoms with Crippen molar-refractivity contribution >= 4 is 5.91 Å². The van der Waals surface area contributed by atoms with Gasteiger partial charge in [-0.15, -0.1) is 0 Å². The highest BCUT2D eigenvalue weighted by Gasteiger charge is 2.37. The summed E-state index contributed by atoms with van der Waals surface area (Å²) in [5.41, 5.74) is 0.448. The number of nitrogens with zero attached hydrogens (tertiary/aromatic N) is 3. The molecule has 1 fully saturated rings. The Hall–Kier alpha value is -1.40. The molecule has 0 saturated carbocycles. The molecule has 118 valence electrons. The summed E-state index contributed by atoms with van der Waals surface area (Å²) in [4.78, 5) is 15.0. The summed E-state index contributed by atoms with van der Waals surface area (Å²) in [7, 11) is 3.51. The quantitative estimate of drug-likeness (QED) is 0.853. The molecular weight excluding hydrogens is 268 g/mol. The zero-order chi connectivity index (χ0) is 15.5. The van der Waals surface area contributed by atoms with Gasteiger partial charge >= 0.3 is 0 Å². The molecule has 1 amide bonds. The molecule has 2 heterocycles. The first-order valence-corrected chi connectivity index (χ1v) is 7.49. The number of rotatable bonds is 6. The summed E-state index contributed by atoms with van der Waals surface area (Å²) >= 11 is 0. The summed E-state index contributed by atoms with van der Waals surface area (Å²) in [6.07, 6.45) is 4.07. The third-order valence-corrected chi connectivity index (χ3v) is 4.31. The van der Waals surface area contributed by atoms with Crippen LogP contribution in [-0.4, -0.2) is 52.9 Å². The average Bonchev–Trinajstić information content (AvgIpc) is 3.09. The second-order valence-corrected chi connectivity index (χ2v) is 6.11. The second-order valence-electron chi connectivity index (χ2n) is 6.11. The van der Waals surface area contributed by atoms with E-state index >= 15 is 0 Å². The Morgan fingerprint density at radius 3 is 2.67 bits per heavy atom. The Morgan fingerprint density at radius 2 is 2.14 bits per heavy atom. The molecule has 1 N–H and O–H groups in total. The number of carbonyl (C=O) groups excluding carboxylic acids is 1. The first kappa shape index (κ1) is 16.0. The lowest BCUT2D eigenvalue weighted by Gasteiger charge is -2.35. The normalized spacial score (nSPS) is 17.9. The third-order valence-electron chi connectivity index (χ3n) is 4.31. The fraction of sp³-hybridized carbons (Fsp3) is 0.733. The minimum atomic E-state index is -0.499. The Kier molecular flexibility index (Phi) is 5.00. The molecule has 1 saturated heterocycles. The lowest BCUT2D eigenvalue weighted by Crippen LogP contribution is -2.55. The predicted octanol–water partition coefficient (Wildman–Crippen LogP) is 1.10. The molecule has 1 atom stereocenters.